The first-order valence-electron chi connectivity index (χ1n) is 4.32. The van der Waals surface area contributed by atoms with E-state index in [-0.39, 0.29) is 5.91 Å². The second-order valence-corrected chi connectivity index (χ2v) is 4.65. The standard InChI is InChI=1S/C10H6Cl2N2OS/c11-6-4-13-5-7(9(6)12)14-10(15)8-2-1-3-16-8/h1-5H,(H,14,15). The van der Waals surface area contributed by atoms with E-state index < -0.39 is 0 Å². The van der Waals surface area contributed by atoms with Crippen molar-refractivity contribution < 1.29 is 4.79 Å². The highest BCUT2D eigenvalue weighted by Crippen LogP contribution is 2.28. The number of nitrogens with one attached hydrogen (secondary N) is 1. The molecule has 0 aromatic carbocycles. The van der Waals surface area contributed by atoms with Gasteiger partial charge in [-0.15, -0.1) is 11.3 Å². The molecular weight excluding hydrogens is 267 g/mol. The Morgan fingerprint density at radius 1 is 1.38 bits per heavy atom. The number of hydrogen-bond donors (Lipinski definition) is 1. The number of nitrogens with zero attached hydrogens (tertiary/aromatic N) is 1. The summed E-state index contributed by atoms with van der Waals surface area (Å²) in [6.07, 6.45) is 2.88. The van der Waals surface area contributed by atoms with Gasteiger partial charge in [0.15, 0.2) is 0 Å². The summed E-state index contributed by atoms with van der Waals surface area (Å²) < 4.78 is 0. The molecule has 0 radical (unpaired) electrons. The van der Waals surface area contributed by atoms with Gasteiger partial charge in [-0.05, 0) is 11.4 Å². The van der Waals surface area contributed by atoms with Crippen molar-refractivity contribution in [2.75, 3.05) is 5.32 Å². The molecule has 1 N–H and O–H groups in total. The van der Waals surface area contributed by atoms with Gasteiger partial charge in [0.05, 0.1) is 26.8 Å². The molecule has 0 fully saturated rings. The van der Waals surface area contributed by atoms with Crippen molar-refractivity contribution in [3.05, 3.63) is 44.8 Å². The maximum absolute atomic E-state index is 11.7. The Hall–Kier alpha value is -1.10. The molecule has 6 heteroatoms. The van der Waals surface area contributed by atoms with E-state index in [9.17, 15) is 4.79 Å². The summed E-state index contributed by atoms with van der Waals surface area (Å²) in [5, 5.41) is 5.08. The summed E-state index contributed by atoms with van der Waals surface area (Å²) in [5.74, 6) is -0.221. The maximum Gasteiger partial charge on any atom is 0.265 e. The third-order valence-electron chi connectivity index (χ3n) is 1.83. The van der Waals surface area contributed by atoms with Crippen LogP contribution < -0.4 is 5.32 Å². The lowest BCUT2D eigenvalue weighted by atomic mass is 10.4. The van der Waals surface area contributed by atoms with Gasteiger partial charge in [-0.2, -0.15) is 0 Å². The van der Waals surface area contributed by atoms with Gasteiger partial charge in [-0.1, -0.05) is 29.3 Å². The first kappa shape index (κ1) is 11.4. The van der Waals surface area contributed by atoms with Crippen LogP contribution in [0.2, 0.25) is 10.0 Å². The summed E-state index contributed by atoms with van der Waals surface area (Å²) >= 11 is 13.0. The van der Waals surface area contributed by atoms with E-state index in [0.717, 1.165) is 0 Å². The van der Waals surface area contributed by atoms with Crippen LogP contribution in [-0.4, -0.2) is 10.9 Å². The third-order valence-corrected chi connectivity index (χ3v) is 3.49. The lowest BCUT2D eigenvalue weighted by molar-refractivity contribution is 0.103. The smallest absolute Gasteiger partial charge is 0.265 e. The average Bonchev–Trinajstić information content (AvgIpc) is 2.78. The maximum atomic E-state index is 11.7. The van der Waals surface area contributed by atoms with Crippen molar-refractivity contribution in [1.29, 1.82) is 0 Å². The number of aromatic nitrogens is 1. The van der Waals surface area contributed by atoms with E-state index in [4.69, 9.17) is 23.2 Å². The quantitative estimate of drug-likeness (QED) is 0.906. The first-order valence-corrected chi connectivity index (χ1v) is 5.96. The Morgan fingerprint density at radius 3 is 2.88 bits per heavy atom. The molecule has 2 rings (SSSR count). The number of carbonyl (C=O) groups excluding carboxylic acids is 1. The number of carbonyl (C=O) groups is 1. The van der Waals surface area contributed by atoms with Crippen molar-refractivity contribution in [3.63, 3.8) is 0 Å². The van der Waals surface area contributed by atoms with Crippen molar-refractivity contribution in [2.24, 2.45) is 0 Å². The zero-order chi connectivity index (χ0) is 11.5. The molecule has 0 aliphatic heterocycles. The van der Waals surface area contributed by atoms with Crippen LogP contribution in [0.3, 0.4) is 0 Å². The number of halogens is 2. The lowest BCUT2D eigenvalue weighted by Crippen LogP contribution is -2.10. The fourth-order valence-electron chi connectivity index (χ4n) is 1.10. The van der Waals surface area contributed by atoms with E-state index in [2.05, 4.69) is 10.3 Å². The Morgan fingerprint density at radius 2 is 2.19 bits per heavy atom. The van der Waals surface area contributed by atoms with Gasteiger partial charge in [0.2, 0.25) is 0 Å². The topological polar surface area (TPSA) is 42.0 Å². The van der Waals surface area contributed by atoms with Gasteiger partial charge in [-0.25, -0.2) is 0 Å². The minimum atomic E-state index is -0.221. The summed E-state index contributed by atoms with van der Waals surface area (Å²) in [5.41, 5.74) is 0.410. The molecule has 82 valence electrons. The summed E-state index contributed by atoms with van der Waals surface area (Å²) in [4.78, 5) is 16.2. The highest BCUT2D eigenvalue weighted by molar-refractivity contribution is 7.12. The van der Waals surface area contributed by atoms with E-state index in [1.807, 2.05) is 5.38 Å². The number of rotatable bonds is 2. The highest BCUT2D eigenvalue weighted by Gasteiger charge is 2.11. The predicted molar refractivity (Wildman–Crippen MR) is 66.5 cm³/mol. The van der Waals surface area contributed by atoms with Crippen LogP contribution in [0.15, 0.2) is 29.9 Å². The fourth-order valence-corrected chi connectivity index (χ4v) is 2.02. The molecule has 0 aliphatic rings. The van der Waals surface area contributed by atoms with E-state index >= 15 is 0 Å². The van der Waals surface area contributed by atoms with Crippen LogP contribution >= 0.6 is 34.5 Å². The number of pyridine rings is 1. The van der Waals surface area contributed by atoms with Gasteiger partial charge in [-0.3, -0.25) is 9.78 Å². The monoisotopic (exact) mass is 272 g/mol. The summed E-state index contributed by atoms with van der Waals surface area (Å²) in [6.45, 7) is 0. The van der Waals surface area contributed by atoms with Gasteiger partial charge < -0.3 is 5.32 Å². The van der Waals surface area contributed by atoms with E-state index in [1.165, 1.54) is 23.7 Å². The number of amides is 1. The van der Waals surface area contributed by atoms with Crippen molar-refractivity contribution in [3.8, 4) is 0 Å². The molecular formula is C10H6Cl2N2OS. The molecule has 16 heavy (non-hydrogen) atoms. The van der Waals surface area contributed by atoms with Gasteiger partial charge in [0.1, 0.15) is 0 Å². The molecule has 2 aromatic heterocycles. The second kappa shape index (κ2) is 4.82. The molecule has 0 unspecified atom stereocenters. The van der Waals surface area contributed by atoms with Crippen LogP contribution in [0.4, 0.5) is 5.69 Å². The predicted octanol–water partition coefficient (Wildman–Crippen LogP) is 3.70. The zero-order valence-corrected chi connectivity index (χ0v) is 10.2. The molecule has 0 saturated carbocycles. The Bertz CT molecular complexity index is 514. The Labute approximate surface area is 106 Å². The minimum Gasteiger partial charge on any atom is -0.319 e. The van der Waals surface area contributed by atoms with Crippen LogP contribution in [0.25, 0.3) is 0 Å². The van der Waals surface area contributed by atoms with Crippen LogP contribution in [0, 0.1) is 0 Å². The summed E-state index contributed by atoms with van der Waals surface area (Å²) in [7, 11) is 0. The highest BCUT2D eigenvalue weighted by atomic mass is 35.5. The molecule has 1 amide bonds. The molecule has 0 aliphatic carbocycles. The minimum absolute atomic E-state index is 0.221. The van der Waals surface area contributed by atoms with Crippen LogP contribution in [-0.2, 0) is 0 Å². The largest absolute Gasteiger partial charge is 0.319 e. The number of thiophene rings is 1. The van der Waals surface area contributed by atoms with Gasteiger partial charge in [0, 0.05) is 6.20 Å². The third kappa shape index (κ3) is 2.35. The molecule has 0 atom stereocenters. The van der Waals surface area contributed by atoms with Crippen molar-refractivity contribution in [1.82, 2.24) is 4.98 Å². The van der Waals surface area contributed by atoms with E-state index in [1.54, 1.807) is 12.1 Å². The molecule has 0 spiro atoms. The molecule has 0 saturated heterocycles. The van der Waals surface area contributed by atoms with Gasteiger partial charge >= 0.3 is 0 Å². The van der Waals surface area contributed by atoms with Crippen LogP contribution in [0.1, 0.15) is 9.67 Å². The van der Waals surface area contributed by atoms with Crippen LogP contribution in [0.5, 0.6) is 0 Å². The zero-order valence-electron chi connectivity index (χ0n) is 7.91. The summed E-state index contributed by atoms with van der Waals surface area (Å²) in [6, 6.07) is 3.53. The Balaban J connectivity index is 2.22. The fraction of sp³-hybridized carbons (Fsp3) is 0. The number of anilines is 1. The molecule has 0 bridgehead atoms. The van der Waals surface area contributed by atoms with E-state index in [0.29, 0.717) is 20.6 Å². The SMILES string of the molecule is O=C(Nc1cncc(Cl)c1Cl)c1cccs1. The molecule has 3 nitrogen and oxygen atoms in total. The average molecular weight is 273 g/mol. The van der Waals surface area contributed by atoms with Crippen molar-refractivity contribution >= 4 is 46.1 Å². The Kier molecular flexibility index (Phi) is 3.43. The molecule has 2 aromatic rings. The number of hydrogen-bond acceptors (Lipinski definition) is 3. The lowest BCUT2D eigenvalue weighted by Gasteiger charge is -2.05. The normalized spacial score (nSPS) is 10.1. The first-order chi connectivity index (χ1) is 7.68. The second-order valence-electron chi connectivity index (χ2n) is 2.91. The van der Waals surface area contributed by atoms with Crippen molar-refractivity contribution in [2.45, 2.75) is 0 Å². The molecule has 2 heterocycles. The van der Waals surface area contributed by atoms with Gasteiger partial charge in [0.25, 0.3) is 5.91 Å².